The van der Waals surface area contributed by atoms with E-state index in [1.54, 1.807) is 0 Å². The van der Waals surface area contributed by atoms with E-state index in [1.165, 1.54) is 11.0 Å². The van der Waals surface area contributed by atoms with Crippen LogP contribution in [0.1, 0.15) is 30.6 Å². The highest BCUT2D eigenvalue weighted by molar-refractivity contribution is 9.10. The van der Waals surface area contributed by atoms with Crippen LogP contribution in [0.3, 0.4) is 0 Å². The molecule has 0 aliphatic carbocycles. The summed E-state index contributed by atoms with van der Waals surface area (Å²) in [5.41, 5.74) is 0.615. The Morgan fingerprint density at radius 2 is 2.05 bits per heavy atom. The van der Waals surface area contributed by atoms with Gasteiger partial charge in [-0.15, -0.1) is 0 Å². The van der Waals surface area contributed by atoms with Crippen LogP contribution in [-0.2, 0) is 4.79 Å². The molecule has 0 radical (unpaired) electrons. The first kappa shape index (κ1) is 15.1. The summed E-state index contributed by atoms with van der Waals surface area (Å²) in [6.45, 7) is 5.27. The maximum absolute atomic E-state index is 13.3. The fourth-order valence-electron chi connectivity index (χ4n) is 2.19. The van der Waals surface area contributed by atoms with Crippen molar-refractivity contribution in [3.63, 3.8) is 0 Å². The van der Waals surface area contributed by atoms with Crippen LogP contribution in [0.5, 0.6) is 0 Å². The zero-order valence-corrected chi connectivity index (χ0v) is 13.0. The number of ketones is 1. The molecular formula is C14H16BrFN2O2. The number of carbonyl (C=O) groups excluding carboxylic acids is 2. The Kier molecular flexibility index (Phi) is 4.55. The van der Waals surface area contributed by atoms with Crippen LogP contribution in [-0.4, -0.2) is 30.8 Å². The molecule has 0 atom stereocenters. The predicted octanol–water partition coefficient (Wildman–Crippen LogP) is 2.51. The van der Waals surface area contributed by atoms with Gasteiger partial charge in [-0.1, -0.05) is 13.8 Å². The van der Waals surface area contributed by atoms with E-state index in [0.29, 0.717) is 22.7 Å². The first-order chi connectivity index (χ1) is 9.41. The van der Waals surface area contributed by atoms with Crippen LogP contribution in [0.15, 0.2) is 16.6 Å². The van der Waals surface area contributed by atoms with E-state index in [2.05, 4.69) is 21.2 Å². The summed E-state index contributed by atoms with van der Waals surface area (Å²) < 4.78 is 13.8. The third-order valence-electron chi connectivity index (χ3n) is 3.09. The van der Waals surface area contributed by atoms with Crippen LogP contribution in [0, 0.1) is 5.82 Å². The lowest BCUT2D eigenvalue weighted by molar-refractivity contribution is -0.114. The van der Waals surface area contributed by atoms with Crippen molar-refractivity contribution in [2.24, 2.45) is 0 Å². The zero-order valence-electron chi connectivity index (χ0n) is 11.4. The molecule has 0 saturated carbocycles. The maximum Gasteiger partial charge on any atom is 0.299 e. The van der Waals surface area contributed by atoms with E-state index in [0.717, 1.165) is 19.0 Å². The first-order valence-corrected chi connectivity index (χ1v) is 7.29. The molecule has 0 aromatic heterocycles. The number of rotatable bonds is 5. The van der Waals surface area contributed by atoms with E-state index >= 15 is 0 Å². The largest absolute Gasteiger partial charge is 0.314 e. The monoisotopic (exact) mass is 342 g/mol. The van der Waals surface area contributed by atoms with Crippen molar-refractivity contribution in [2.45, 2.75) is 26.3 Å². The number of nitrogens with zero attached hydrogens (tertiary/aromatic N) is 1. The number of nitrogens with one attached hydrogen (secondary N) is 1. The number of anilines is 1. The number of benzene rings is 1. The highest BCUT2D eigenvalue weighted by Gasteiger charge is 2.37. The molecular weight excluding hydrogens is 327 g/mol. The van der Waals surface area contributed by atoms with Gasteiger partial charge in [-0.05, 0) is 41.0 Å². The lowest BCUT2D eigenvalue weighted by Crippen LogP contribution is -2.33. The number of carbonyl (C=O) groups is 2. The van der Waals surface area contributed by atoms with Crippen LogP contribution < -0.4 is 10.2 Å². The Balaban J connectivity index is 2.16. The van der Waals surface area contributed by atoms with Crippen molar-refractivity contribution in [3.8, 4) is 0 Å². The summed E-state index contributed by atoms with van der Waals surface area (Å²) in [5, 5.41) is 3.25. The van der Waals surface area contributed by atoms with Gasteiger partial charge >= 0.3 is 0 Å². The molecule has 1 amide bonds. The number of Topliss-reactive ketones (excluding diaryl/α,β-unsaturated/α-hetero) is 1. The molecule has 1 aliphatic rings. The number of halogens is 2. The average molecular weight is 343 g/mol. The smallest absolute Gasteiger partial charge is 0.299 e. The molecule has 0 bridgehead atoms. The SMILES string of the molecule is CC(C)NCCCN1C(=O)C(=O)c2cc(F)cc(Br)c21. The van der Waals surface area contributed by atoms with Gasteiger partial charge in [-0.3, -0.25) is 9.59 Å². The number of amides is 1. The van der Waals surface area contributed by atoms with Crippen LogP contribution >= 0.6 is 15.9 Å². The van der Waals surface area contributed by atoms with Crippen molar-refractivity contribution in [1.82, 2.24) is 5.32 Å². The van der Waals surface area contributed by atoms with E-state index in [9.17, 15) is 14.0 Å². The molecule has 1 aromatic rings. The second-order valence-corrected chi connectivity index (χ2v) is 5.89. The first-order valence-electron chi connectivity index (χ1n) is 6.50. The standard InChI is InChI=1S/C14H16BrFN2O2/c1-8(2)17-4-3-5-18-12-10(13(19)14(18)20)6-9(16)7-11(12)15/h6-8,17H,3-5H2,1-2H3. The van der Waals surface area contributed by atoms with Crippen molar-refractivity contribution in [2.75, 3.05) is 18.0 Å². The van der Waals surface area contributed by atoms with E-state index < -0.39 is 17.5 Å². The Hall–Kier alpha value is -1.27. The summed E-state index contributed by atoms with van der Waals surface area (Å²) in [4.78, 5) is 25.2. The highest BCUT2D eigenvalue weighted by atomic mass is 79.9. The minimum absolute atomic E-state index is 0.138. The Morgan fingerprint density at radius 1 is 1.35 bits per heavy atom. The molecule has 1 N–H and O–H groups in total. The van der Waals surface area contributed by atoms with Gasteiger partial charge in [0.1, 0.15) is 5.82 Å². The van der Waals surface area contributed by atoms with E-state index in [1.807, 2.05) is 13.8 Å². The quantitative estimate of drug-likeness (QED) is 0.660. The molecule has 0 spiro atoms. The molecule has 108 valence electrons. The highest BCUT2D eigenvalue weighted by Crippen LogP contribution is 2.36. The van der Waals surface area contributed by atoms with Gasteiger partial charge in [0.05, 0.1) is 11.3 Å². The summed E-state index contributed by atoms with van der Waals surface area (Å²) in [6.07, 6.45) is 0.723. The Bertz CT molecular complexity index is 560. The van der Waals surface area contributed by atoms with Crippen molar-refractivity contribution < 1.29 is 14.0 Å². The molecule has 1 aliphatic heterocycles. The predicted molar refractivity (Wildman–Crippen MR) is 78.5 cm³/mol. The minimum atomic E-state index is -0.642. The lowest BCUT2D eigenvalue weighted by atomic mass is 10.1. The van der Waals surface area contributed by atoms with Crippen LogP contribution in [0.4, 0.5) is 10.1 Å². The normalized spacial score (nSPS) is 14.3. The second kappa shape index (κ2) is 6.01. The molecule has 0 fully saturated rings. The molecule has 6 heteroatoms. The van der Waals surface area contributed by atoms with Gasteiger partial charge in [0, 0.05) is 17.1 Å². The fourth-order valence-corrected chi connectivity index (χ4v) is 2.84. The zero-order chi connectivity index (χ0) is 14.9. The van der Waals surface area contributed by atoms with Crippen molar-refractivity contribution in [1.29, 1.82) is 0 Å². The summed E-state index contributed by atoms with van der Waals surface area (Å²) in [6, 6.07) is 2.76. The molecule has 4 nitrogen and oxygen atoms in total. The molecule has 2 rings (SSSR count). The van der Waals surface area contributed by atoms with Gasteiger partial charge < -0.3 is 10.2 Å². The maximum atomic E-state index is 13.3. The summed E-state index contributed by atoms with van der Waals surface area (Å²) in [7, 11) is 0. The van der Waals surface area contributed by atoms with Crippen LogP contribution in [0.25, 0.3) is 0 Å². The molecule has 0 unspecified atom stereocenters. The molecule has 1 aromatic carbocycles. The van der Waals surface area contributed by atoms with E-state index in [4.69, 9.17) is 0 Å². The van der Waals surface area contributed by atoms with Crippen molar-refractivity contribution >= 4 is 33.3 Å². The second-order valence-electron chi connectivity index (χ2n) is 5.03. The Labute approximate surface area is 125 Å². The summed E-state index contributed by atoms with van der Waals surface area (Å²) in [5.74, 6) is -1.76. The van der Waals surface area contributed by atoms with Crippen LogP contribution in [0.2, 0.25) is 0 Å². The fraction of sp³-hybridized carbons (Fsp3) is 0.429. The number of hydrogen-bond acceptors (Lipinski definition) is 3. The van der Waals surface area contributed by atoms with E-state index in [-0.39, 0.29) is 5.56 Å². The lowest BCUT2D eigenvalue weighted by Gasteiger charge is -2.18. The molecule has 0 saturated heterocycles. The average Bonchev–Trinajstić information content (AvgIpc) is 2.59. The van der Waals surface area contributed by atoms with Gasteiger partial charge in [0.25, 0.3) is 11.7 Å². The number of hydrogen-bond donors (Lipinski definition) is 1. The number of fused-ring (bicyclic) bond motifs is 1. The summed E-state index contributed by atoms with van der Waals surface area (Å²) >= 11 is 3.22. The van der Waals surface area contributed by atoms with Crippen molar-refractivity contribution in [3.05, 3.63) is 28.0 Å². The third kappa shape index (κ3) is 2.91. The van der Waals surface area contributed by atoms with Gasteiger partial charge in [0.2, 0.25) is 0 Å². The Morgan fingerprint density at radius 3 is 2.70 bits per heavy atom. The minimum Gasteiger partial charge on any atom is -0.314 e. The van der Waals surface area contributed by atoms with Gasteiger partial charge in [-0.2, -0.15) is 0 Å². The molecule has 20 heavy (non-hydrogen) atoms. The molecule has 1 heterocycles. The topological polar surface area (TPSA) is 49.4 Å². The van der Waals surface area contributed by atoms with Gasteiger partial charge in [-0.25, -0.2) is 4.39 Å². The third-order valence-corrected chi connectivity index (χ3v) is 3.70. The van der Waals surface area contributed by atoms with Gasteiger partial charge in [0.15, 0.2) is 0 Å².